The normalized spacial score (nSPS) is 18.4. The molecule has 0 radical (unpaired) electrons. The van der Waals surface area contributed by atoms with Gasteiger partial charge in [-0.05, 0) is 104 Å². The Hall–Kier alpha value is -1.34. The van der Waals surface area contributed by atoms with Crippen LogP contribution in [0.3, 0.4) is 0 Å². The smallest absolute Gasteiger partial charge is 0.276 e. The quantitative estimate of drug-likeness (QED) is 0.174. The summed E-state index contributed by atoms with van der Waals surface area (Å²) >= 11 is 0. The first kappa shape index (κ1) is 35.7. The first-order valence-corrected chi connectivity index (χ1v) is 14.3. The minimum Gasteiger partial charge on any atom is -0.276 e. The molecule has 0 aromatic heterocycles. The van der Waals surface area contributed by atoms with Gasteiger partial charge >= 0.3 is 8.60 Å². The molecule has 0 aromatic carbocycles. The molecule has 3 unspecified atom stereocenters. The third kappa shape index (κ3) is 8.84. The zero-order chi connectivity index (χ0) is 29.5. The van der Waals surface area contributed by atoms with Crippen LogP contribution in [0.2, 0.25) is 0 Å². The molecule has 0 N–H and O–H groups in total. The van der Waals surface area contributed by atoms with Crippen LogP contribution in [-0.4, -0.2) is 68.1 Å². The van der Waals surface area contributed by atoms with Crippen molar-refractivity contribution in [3.63, 3.8) is 0 Å². The Balaban J connectivity index is 6.93. The highest BCUT2D eigenvalue weighted by Gasteiger charge is 2.49. The minimum absolute atomic E-state index is 0.0307. The summed E-state index contributed by atoms with van der Waals surface area (Å²) < 4.78 is 19.2. The zero-order valence-corrected chi connectivity index (χ0v) is 26.7. The number of nitrogens with zero attached hydrogens (tertiary/aromatic N) is 6. The standard InChI is InChI=1S/C27H51N6O3P/c1-19(2)31(20(3)4)25(13,16-28)34-37(35-26(14,17-29)32(21(5)6)22(7)8)36-27(15,18-30)33(23(9)10)24(11)12/h19-24H,1-15H3. The maximum atomic E-state index is 10.3. The lowest BCUT2D eigenvalue weighted by atomic mass is 10.1. The largest absolute Gasteiger partial charge is 0.340 e. The topological polar surface area (TPSA) is 109 Å². The van der Waals surface area contributed by atoms with Crippen LogP contribution in [0.5, 0.6) is 0 Å². The van der Waals surface area contributed by atoms with E-state index in [-0.39, 0.29) is 36.3 Å². The zero-order valence-electron chi connectivity index (χ0n) is 25.8. The van der Waals surface area contributed by atoms with Gasteiger partial charge in [0.25, 0.3) is 0 Å². The predicted octanol–water partition coefficient (Wildman–Crippen LogP) is 6.34. The van der Waals surface area contributed by atoms with Gasteiger partial charge in [-0.2, -0.15) is 15.8 Å². The van der Waals surface area contributed by atoms with Gasteiger partial charge in [0.05, 0.1) is 0 Å². The van der Waals surface area contributed by atoms with Gasteiger partial charge in [0.15, 0.2) is 0 Å². The van der Waals surface area contributed by atoms with Gasteiger partial charge in [-0.15, -0.1) is 0 Å². The highest BCUT2D eigenvalue weighted by atomic mass is 31.2. The maximum absolute atomic E-state index is 10.3. The number of rotatable bonds is 15. The van der Waals surface area contributed by atoms with Gasteiger partial charge in [-0.25, -0.2) is 0 Å². The van der Waals surface area contributed by atoms with Crippen LogP contribution in [0.15, 0.2) is 0 Å². The Kier molecular flexibility index (Phi) is 13.6. The highest BCUT2D eigenvalue weighted by molar-refractivity contribution is 7.41. The first-order valence-electron chi connectivity index (χ1n) is 13.2. The van der Waals surface area contributed by atoms with E-state index in [0.717, 1.165) is 0 Å². The van der Waals surface area contributed by atoms with Crippen LogP contribution >= 0.6 is 8.60 Å². The molecule has 0 spiro atoms. The summed E-state index contributed by atoms with van der Waals surface area (Å²) in [5.74, 6) is 0. The van der Waals surface area contributed by atoms with Crippen molar-refractivity contribution in [2.75, 3.05) is 0 Å². The van der Waals surface area contributed by atoms with E-state index in [4.69, 9.17) is 13.6 Å². The van der Waals surface area contributed by atoms with Crippen molar-refractivity contribution in [1.29, 1.82) is 15.8 Å². The van der Waals surface area contributed by atoms with Crippen molar-refractivity contribution in [2.45, 2.75) is 157 Å². The van der Waals surface area contributed by atoms with E-state index in [1.807, 2.05) is 97.8 Å². The number of hydrogen-bond acceptors (Lipinski definition) is 9. The summed E-state index contributed by atoms with van der Waals surface area (Å²) in [5, 5.41) is 30.9. The summed E-state index contributed by atoms with van der Waals surface area (Å²) in [4.78, 5) is 5.77. The first-order chi connectivity index (χ1) is 16.8. The lowest BCUT2D eigenvalue weighted by Gasteiger charge is -2.47. The van der Waals surface area contributed by atoms with E-state index in [0.29, 0.717) is 0 Å². The number of nitriles is 3. The van der Waals surface area contributed by atoms with E-state index in [1.54, 1.807) is 20.8 Å². The molecule has 0 heterocycles. The Bertz CT molecular complexity index is 713. The molecule has 0 rings (SSSR count). The molecule has 0 aromatic rings. The highest BCUT2D eigenvalue weighted by Crippen LogP contribution is 2.53. The summed E-state index contributed by atoms with van der Waals surface area (Å²) in [6.07, 6.45) is 0. The second-order valence-electron chi connectivity index (χ2n) is 11.6. The van der Waals surface area contributed by atoms with Gasteiger partial charge in [0, 0.05) is 36.3 Å². The molecule has 0 saturated carbocycles. The monoisotopic (exact) mass is 538 g/mol. The Labute approximate surface area is 228 Å². The third-order valence-corrected chi connectivity index (χ3v) is 7.71. The van der Waals surface area contributed by atoms with E-state index in [2.05, 4.69) is 18.2 Å². The fourth-order valence-electron chi connectivity index (χ4n) is 5.61. The van der Waals surface area contributed by atoms with Crippen molar-refractivity contribution in [3.8, 4) is 18.2 Å². The van der Waals surface area contributed by atoms with Gasteiger partial charge in [0.2, 0.25) is 17.2 Å². The molecule has 0 aliphatic heterocycles. The molecule has 0 saturated heterocycles. The van der Waals surface area contributed by atoms with Crippen LogP contribution in [0, 0.1) is 34.0 Å². The van der Waals surface area contributed by atoms with Crippen LogP contribution in [0.4, 0.5) is 0 Å². The average molecular weight is 539 g/mol. The molecular weight excluding hydrogens is 487 g/mol. The van der Waals surface area contributed by atoms with Gasteiger partial charge in [0.1, 0.15) is 18.2 Å². The van der Waals surface area contributed by atoms with Crippen LogP contribution in [0.1, 0.15) is 104 Å². The molecule has 0 amide bonds. The lowest BCUT2D eigenvalue weighted by molar-refractivity contribution is -0.134. The van der Waals surface area contributed by atoms with E-state index < -0.39 is 25.8 Å². The minimum atomic E-state index is -2.38. The SMILES string of the molecule is CC(C)N(C(C)C)C(C)(C#N)OP(OC(C)(C#N)N(C(C)C)C(C)C)OC(C)(C#N)N(C(C)C)C(C)C. The molecule has 9 nitrogen and oxygen atoms in total. The maximum Gasteiger partial charge on any atom is 0.340 e. The Morgan fingerprint density at radius 1 is 0.459 bits per heavy atom. The van der Waals surface area contributed by atoms with Gasteiger partial charge in [-0.3, -0.25) is 28.3 Å². The van der Waals surface area contributed by atoms with Crippen molar-refractivity contribution in [2.24, 2.45) is 0 Å². The van der Waals surface area contributed by atoms with E-state index >= 15 is 0 Å². The molecule has 10 heteroatoms. The van der Waals surface area contributed by atoms with E-state index in [1.165, 1.54) is 0 Å². The lowest BCUT2D eigenvalue weighted by Crippen LogP contribution is -2.57. The Morgan fingerprint density at radius 2 is 0.622 bits per heavy atom. The summed E-state index contributed by atoms with van der Waals surface area (Å²) in [7, 11) is -2.38. The third-order valence-electron chi connectivity index (χ3n) is 6.20. The molecular formula is C27H51N6O3P. The van der Waals surface area contributed by atoms with Crippen molar-refractivity contribution < 1.29 is 13.6 Å². The average Bonchev–Trinajstić information content (AvgIpc) is 2.71. The molecule has 0 aliphatic carbocycles. The second kappa shape index (κ2) is 14.2. The van der Waals surface area contributed by atoms with Crippen LogP contribution in [0.25, 0.3) is 0 Å². The van der Waals surface area contributed by atoms with Crippen molar-refractivity contribution >= 4 is 8.60 Å². The fraction of sp³-hybridized carbons (Fsp3) is 0.889. The van der Waals surface area contributed by atoms with Gasteiger partial charge in [-0.1, -0.05) is 0 Å². The number of hydrogen-bond donors (Lipinski definition) is 0. The molecule has 212 valence electrons. The summed E-state index contributed by atoms with van der Waals surface area (Å²) in [6.45, 7) is 28.9. The molecule has 0 bridgehead atoms. The van der Waals surface area contributed by atoms with Crippen LogP contribution < -0.4 is 0 Å². The van der Waals surface area contributed by atoms with Gasteiger partial charge < -0.3 is 0 Å². The molecule has 0 fully saturated rings. The predicted molar refractivity (Wildman–Crippen MR) is 149 cm³/mol. The second-order valence-corrected chi connectivity index (χ2v) is 12.6. The molecule has 3 atom stereocenters. The molecule has 37 heavy (non-hydrogen) atoms. The summed E-state index contributed by atoms with van der Waals surface area (Å²) in [5.41, 5.74) is -4.33. The summed E-state index contributed by atoms with van der Waals surface area (Å²) in [6, 6.07) is 6.70. The van der Waals surface area contributed by atoms with Crippen molar-refractivity contribution in [1.82, 2.24) is 14.7 Å². The van der Waals surface area contributed by atoms with E-state index in [9.17, 15) is 15.8 Å². The molecule has 0 aliphatic rings. The fourth-order valence-corrected chi connectivity index (χ4v) is 7.00. The van der Waals surface area contributed by atoms with Crippen LogP contribution in [-0.2, 0) is 13.6 Å². The Morgan fingerprint density at radius 3 is 0.730 bits per heavy atom. The van der Waals surface area contributed by atoms with Crippen molar-refractivity contribution in [3.05, 3.63) is 0 Å².